The topological polar surface area (TPSA) is 67.8 Å². The van der Waals surface area contributed by atoms with Crippen LogP contribution in [0.4, 0.5) is 4.39 Å². The van der Waals surface area contributed by atoms with E-state index < -0.39 is 0 Å². The number of benzene rings is 1. The van der Waals surface area contributed by atoms with E-state index in [1.807, 2.05) is 6.07 Å². The van der Waals surface area contributed by atoms with E-state index in [1.165, 1.54) is 12.1 Å². The van der Waals surface area contributed by atoms with Gasteiger partial charge in [-0.05, 0) is 42.7 Å². The van der Waals surface area contributed by atoms with Crippen molar-refractivity contribution in [3.63, 3.8) is 0 Å². The molecule has 0 amide bonds. The molecule has 0 spiro atoms. The molecule has 8 heteroatoms. The number of nitrogens with zero attached hydrogens (tertiary/aromatic N) is 2. The fraction of sp³-hybridized carbons (Fsp3) is 0.368. The highest BCUT2D eigenvalue weighted by atomic mass is 127. The molecule has 0 saturated carbocycles. The summed E-state index contributed by atoms with van der Waals surface area (Å²) in [5.74, 6) is 1.44. The Morgan fingerprint density at radius 2 is 2.07 bits per heavy atom. The van der Waals surface area contributed by atoms with Crippen molar-refractivity contribution >= 4 is 29.9 Å². The lowest BCUT2D eigenvalue weighted by molar-refractivity contribution is 0.114. The third-order valence-electron chi connectivity index (χ3n) is 4.04. The van der Waals surface area contributed by atoms with Crippen LogP contribution in [0.5, 0.6) is 11.6 Å². The van der Waals surface area contributed by atoms with Crippen LogP contribution >= 0.6 is 24.0 Å². The number of halogens is 2. The summed E-state index contributed by atoms with van der Waals surface area (Å²) in [4.78, 5) is 8.48. The summed E-state index contributed by atoms with van der Waals surface area (Å²) in [6.07, 6.45) is 4.21. The first-order chi connectivity index (χ1) is 12.7. The van der Waals surface area contributed by atoms with Crippen LogP contribution in [-0.2, 0) is 11.3 Å². The highest BCUT2D eigenvalue weighted by Gasteiger charge is 2.15. The number of hydrogen-bond donors (Lipinski definition) is 2. The average molecular weight is 486 g/mol. The van der Waals surface area contributed by atoms with Gasteiger partial charge in [0.25, 0.3) is 0 Å². The zero-order chi connectivity index (χ0) is 18.2. The van der Waals surface area contributed by atoms with Gasteiger partial charge >= 0.3 is 0 Å². The van der Waals surface area contributed by atoms with Crippen LogP contribution in [-0.4, -0.2) is 37.2 Å². The monoisotopic (exact) mass is 486 g/mol. The average Bonchev–Trinajstić information content (AvgIpc) is 3.18. The zero-order valence-corrected chi connectivity index (χ0v) is 17.5. The fourth-order valence-corrected chi connectivity index (χ4v) is 2.62. The number of rotatable bonds is 6. The lowest BCUT2D eigenvalue weighted by Crippen LogP contribution is -2.40. The van der Waals surface area contributed by atoms with Gasteiger partial charge in [0, 0.05) is 39.0 Å². The first kappa shape index (κ1) is 21.4. The molecular formula is C19H24FIN4O2. The molecule has 2 heterocycles. The molecule has 27 heavy (non-hydrogen) atoms. The molecule has 0 radical (unpaired) electrons. The second-order valence-electron chi connectivity index (χ2n) is 6.00. The minimum Gasteiger partial charge on any atom is -0.439 e. The molecule has 1 aliphatic rings. The van der Waals surface area contributed by atoms with Gasteiger partial charge < -0.3 is 20.1 Å². The Morgan fingerprint density at radius 3 is 2.70 bits per heavy atom. The number of aromatic nitrogens is 1. The van der Waals surface area contributed by atoms with Crippen molar-refractivity contribution in [1.82, 2.24) is 15.6 Å². The molecule has 1 atom stereocenters. The summed E-state index contributed by atoms with van der Waals surface area (Å²) < 4.78 is 24.1. The Hall–Kier alpha value is -1.94. The van der Waals surface area contributed by atoms with Gasteiger partial charge in [0.05, 0.1) is 6.10 Å². The maximum absolute atomic E-state index is 12.9. The first-order valence-corrected chi connectivity index (χ1v) is 8.67. The Kier molecular flexibility index (Phi) is 8.73. The minimum atomic E-state index is -0.298. The number of hydrogen-bond acceptors (Lipinski definition) is 4. The largest absolute Gasteiger partial charge is 0.439 e. The second kappa shape index (κ2) is 11.0. The van der Waals surface area contributed by atoms with Crippen LogP contribution in [0.15, 0.2) is 47.6 Å². The maximum Gasteiger partial charge on any atom is 0.219 e. The molecular weight excluding hydrogens is 462 g/mol. The number of nitrogens with one attached hydrogen (secondary N) is 2. The van der Waals surface area contributed by atoms with E-state index in [0.717, 1.165) is 37.5 Å². The molecule has 0 aliphatic carbocycles. The van der Waals surface area contributed by atoms with Crippen molar-refractivity contribution in [2.24, 2.45) is 4.99 Å². The summed E-state index contributed by atoms with van der Waals surface area (Å²) in [5.41, 5.74) is 0.997. The number of ether oxygens (including phenoxy) is 2. The third kappa shape index (κ3) is 6.94. The Morgan fingerprint density at radius 1 is 1.26 bits per heavy atom. The highest BCUT2D eigenvalue weighted by Crippen LogP contribution is 2.19. The molecule has 6 nitrogen and oxygen atoms in total. The quantitative estimate of drug-likeness (QED) is 0.372. The van der Waals surface area contributed by atoms with Crippen molar-refractivity contribution in [2.75, 3.05) is 20.2 Å². The van der Waals surface area contributed by atoms with Crippen LogP contribution in [0.3, 0.4) is 0 Å². The predicted octanol–water partition coefficient (Wildman–Crippen LogP) is 3.48. The van der Waals surface area contributed by atoms with Crippen molar-refractivity contribution < 1.29 is 13.9 Å². The van der Waals surface area contributed by atoms with Crippen molar-refractivity contribution in [3.8, 4) is 11.6 Å². The Balaban J connectivity index is 0.00000261. The molecule has 1 aromatic carbocycles. The van der Waals surface area contributed by atoms with Gasteiger partial charge in [-0.3, -0.25) is 4.99 Å². The molecule has 2 N–H and O–H groups in total. The molecule has 3 rings (SSSR count). The summed E-state index contributed by atoms with van der Waals surface area (Å²) in [6, 6.07) is 9.53. The minimum absolute atomic E-state index is 0. The Bertz CT molecular complexity index is 719. The van der Waals surface area contributed by atoms with Crippen LogP contribution in [0, 0.1) is 5.82 Å². The van der Waals surface area contributed by atoms with Gasteiger partial charge in [0.15, 0.2) is 5.96 Å². The first-order valence-electron chi connectivity index (χ1n) is 8.67. The molecule has 1 unspecified atom stereocenters. The molecule has 1 fully saturated rings. The van der Waals surface area contributed by atoms with Gasteiger partial charge in [-0.2, -0.15) is 0 Å². The number of pyridine rings is 1. The summed E-state index contributed by atoms with van der Waals surface area (Å²) in [6.45, 7) is 2.19. The lowest BCUT2D eigenvalue weighted by atomic mass is 10.2. The van der Waals surface area contributed by atoms with Crippen LogP contribution in [0.2, 0.25) is 0 Å². The molecule has 0 bridgehead atoms. The van der Waals surface area contributed by atoms with E-state index in [-0.39, 0.29) is 35.9 Å². The molecule has 1 aromatic heterocycles. The molecule has 2 aromatic rings. The van der Waals surface area contributed by atoms with E-state index >= 15 is 0 Å². The van der Waals surface area contributed by atoms with Crippen LogP contribution in [0.25, 0.3) is 0 Å². The van der Waals surface area contributed by atoms with Crippen molar-refractivity contribution in [3.05, 3.63) is 54.0 Å². The molecule has 1 aliphatic heterocycles. The molecule has 146 valence electrons. The summed E-state index contributed by atoms with van der Waals surface area (Å²) in [5, 5.41) is 6.51. The normalized spacial score (nSPS) is 16.5. The predicted molar refractivity (Wildman–Crippen MR) is 113 cm³/mol. The SMILES string of the molecule is CN=C(NCc1ccc(Oc2ccc(F)cc2)nc1)NCC1CCCO1.I. The van der Waals surface area contributed by atoms with Crippen molar-refractivity contribution in [1.29, 1.82) is 0 Å². The fourth-order valence-electron chi connectivity index (χ4n) is 2.62. The standard InChI is InChI=1S/C19H23FN4O2.HI/c1-21-19(24-13-17-3-2-10-25-17)23-12-14-4-9-18(22-11-14)26-16-7-5-15(20)6-8-16;/h4-9,11,17H,2-3,10,12-13H2,1H3,(H2,21,23,24);1H. The van der Waals surface area contributed by atoms with E-state index in [2.05, 4.69) is 20.6 Å². The third-order valence-corrected chi connectivity index (χ3v) is 4.04. The van der Waals surface area contributed by atoms with Gasteiger partial charge in [0.1, 0.15) is 11.6 Å². The Labute approximate surface area is 175 Å². The smallest absolute Gasteiger partial charge is 0.219 e. The maximum atomic E-state index is 12.9. The second-order valence-corrected chi connectivity index (χ2v) is 6.00. The van der Waals surface area contributed by atoms with E-state index in [0.29, 0.717) is 18.2 Å². The van der Waals surface area contributed by atoms with E-state index in [4.69, 9.17) is 9.47 Å². The van der Waals surface area contributed by atoms with Crippen LogP contribution < -0.4 is 15.4 Å². The van der Waals surface area contributed by atoms with E-state index in [9.17, 15) is 4.39 Å². The molecule has 1 saturated heterocycles. The number of guanidine groups is 1. The van der Waals surface area contributed by atoms with Crippen LogP contribution in [0.1, 0.15) is 18.4 Å². The van der Waals surface area contributed by atoms with E-state index in [1.54, 1.807) is 31.4 Å². The summed E-state index contributed by atoms with van der Waals surface area (Å²) >= 11 is 0. The highest BCUT2D eigenvalue weighted by molar-refractivity contribution is 14.0. The van der Waals surface area contributed by atoms with Gasteiger partial charge in [-0.1, -0.05) is 6.07 Å². The van der Waals surface area contributed by atoms with Gasteiger partial charge in [0.2, 0.25) is 5.88 Å². The van der Waals surface area contributed by atoms with Gasteiger partial charge in [-0.25, -0.2) is 9.37 Å². The van der Waals surface area contributed by atoms with Gasteiger partial charge in [-0.15, -0.1) is 24.0 Å². The lowest BCUT2D eigenvalue weighted by Gasteiger charge is -2.15. The summed E-state index contributed by atoms with van der Waals surface area (Å²) in [7, 11) is 1.74. The van der Waals surface area contributed by atoms with Crippen molar-refractivity contribution in [2.45, 2.75) is 25.5 Å². The number of aliphatic imine (C=N–C) groups is 1. The zero-order valence-electron chi connectivity index (χ0n) is 15.2.